The summed E-state index contributed by atoms with van der Waals surface area (Å²) in [5.41, 5.74) is 15.1. The molecule has 0 amide bonds. The van der Waals surface area contributed by atoms with Gasteiger partial charge in [-0.15, -0.1) is 0 Å². The second-order valence-electron chi connectivity index (χ2n) is 1.60. The van der Waals surface area contributed by atoms with Gasteiger partial charge in [0.05, 0.1) is 13.2 Å². The number of alkyl halides is 1. The smallest absolute Gasteiger partial charge is 0.0950 e. The zero-order valence-corrected chi connectivity index (χ0v) is 6.89. The molecule has 0 saturated heterocycles. The van der Waals surface area contributed by atoms with Crippen molar-refractivity contribution >= 4 is 0 Å². The summed E-state index contributed by atoms with van der Waals surface area (Å²) < 4.78 is 10.9. The van der Waals surface area contributed by atoms with Crippen molar-refractivity contribution < 1.29 is 4.39 Å². The summed E-state index contributed by atoms with van der Waals surface area (Å²) in [4.78, 5) is 4.86. The van der Waals surface area contributed by atoms with E-state index in [1.807, 2.05) is 6.92 Å². The summed E-state index contributed by atoms with van der Waals surface area (Å²) in [6.07, 6.45) is 0.935. The Balaban J connectivity index is 0. The van der Waals surface area contributed by atoms with Crippen molar-refractivity contribution in [3.05, 3.63) is 20.9 Å². The lowest BCUT2D eigenvalue weighted by molar-refractivity contribution is 0.503. The zero-order chi connectivity index (χ0) is 9.66. The Morgan fingerprint density at radius 1 is 1.17 bits per heavy atom. The van der Waals surface area contributed by atoms with E-state index in [0.29, 0.717) is 6.54 Å². The molecule has 0 radical (unpaired) electrons. The number of hydrogen-bond donors (Lipinski definition) is 0. The van der Waals surface area contributed by atoms with Crippen molar-refractivity contribution in [1.29, 1.82) is 0 Å². The highest BCUT2D eigenvalue weighted by Crippen LogP contribution is 1.74. The summed E-state index contributed by atoms with van der Waals surface area (Å²) in [5.74, 6) is 0. The van der Waals surface area contributed by atoms with Crippen molar-refractivity contribution in [3.63, 3.8) is 0 Å². The lowest BCUT2D eigenvalue weighted by atomic mass is 10.5. The SMILES string of the molecule is CCCN=[N+]=[N-].[N-]=[N+]=NCC[18F]. The van der Waals surface area contributed by atoms with Crippen LogP contribution >= 0.6 is 0 Å². The minimum Gasteiger partial charge on any atom is -0.251 e. The first-order valence-corrected chi connectivity index (χ1v) is 3.41. The van der Waals surface area contributed by atoms with Crippen LogP contribution in [0.25, 0.3) is 20.9 Å². The summed E-state index contributed by atoms with van der Waals surface area (Å²) in [7, 11) is 0. The fraction of sp³-hybridized carbons (Fsp3) is 1.00. The number of azide groups is 2. The average molecular weight is 173 g/mol. The molecule has 6 nitrogen and oxygen atoms in total. The molecule has 0 rings (SSSR count). The van der Waals surface area contributed by atoms with Crippen LogP contribution in [0.5, 0.6) is 0 Å². The van der Waals surface area contributed by atoms with E-state index in [4.69, 9.17) is 11.1 Å². The predicted molar refractivity (Wildman–Crippen MR) is 44.3 cm³/mol. The molecule has 0 aliphatic carbocycles. The molecule has 0 aromatic rings. The number of hydrogen-bond acceptors (Lipinski definition) is 2. The molecule has 0 spiro atoms. The maximum Gasteiger partial charge on any atom is 0.0950 e. The van der Waals surface area contributed by atoms with Crippen molar-refractivity contribution in [1.82, 2.24) is 0 Å². The van der Waals surface area contributed by atoms with E-state index >= 15 is 0 Å². The molecular weight excluding hydrogens is 162 g/mol. The van der Waals surface area contributed by atoms with Gasteiger partial charge in [0.1, 0.15) is 0 Å². The molecule has 0 fully saturated rings. The van der Waals surface area contributed by atoms with Crippen LogP contribution in [0, 0.1) is 0 Å². The maximum atomic E-state index is 10.9. The first-order valence-electron chi connectivity index (χ1n) is 3.41. The monoisotopic (exact) mass is 173 g/mol. The third-order valence-electron chi connectivity index (χ3n) is 0.635. The molecule has 0 saturated carbocycles. The molecule has 0 aliphatic rings. The molecule has 0 N–H and O–H groups in total. The Morgan fingerprint density at radius 3 is 1.83 bits per heavy atom. The second kappa shape index (κ2) is 16.3. The first kappa shape index (κ1) is 13.2. The van der Waals surface area contributed by atoms with E-state index in [1.54, 1.807) is 0 Å². The summed E-state index contributed by atoms with van der Waals surface area (Å²) in [6, 6.07) is 0. The molecule has 0 aromatic carbocycles. The van der Waals surface area contributed by atoms with Gasteiger partial charge in [-0.05, 0) is 11.1 Å². The van der Waals surface area contributed by atoms with Gasteiger partial charge < -0.3 is 0 Å². The van der Waals surface area contributed by atoms with E-state index in [9.17, 15) is 4.39 Å². The Hall–Kier alpha value is -1.45. The highest BCUT2D eigenvalue weighted by atomic mass is 18.2. The van der Waals surface area contributed by atoms with Gasteiger partial charge in [0.2, 0.25) is 0 Å². The van der Waals surface area contributed by atoms with E-state index in [1.165, 1.54) is 0 Å². The van der Waals surface area contributed by atoms with Gasteiger partial charge in [-0.3, -0.25) is 4.39 Å². The van der Waals surface area contributed by atoms with Crippen LogP contribution < -0.4 is 0 Å². The minimum absolute atomic E-state index is 0.0451. The summed E-state index contributed by atoms with van der Waals surface area (Å²) >= 11 is 0. The Morgan fingerprint density at radius 2 is 1.67 bits per heavy atom. The molecule has 0 aliphatic heterocycles. The molecule has 68 valence electrons. The predicted octanol–water partition coefficient (Wildman–Crippen LogP) is 2.97. The van der Waals surface area contributed by atoms with E-state index in [-0.39, 0.29) is 6.54 Å². The molecular formula is C5H11FN6. The highest BCUT2D eigenvalue weighted by Gasteiger charge is 1.69. The Bertz CT molecular complexity index is 149. The van der Waals surface area contributed by atoms with Crippen LogP contribution in [-0.4, -0.2) is 19.8 Å². The number of nitrogens with zero attached hydrogens (tertiary/aromatic N) is 6. The van der Waals surface area contributed by atoms with Crippen molar-refractivity contribution in [2.45, 2.75) is 13.3 Å². The topological polar surface area (TPSA) is 97.5 Å². The standard InChI is InChI=1S/C3H7N3.C2H4FN3/c1-2-3-5-6-4;3-1-2-5-6-4/h2-3H2,1H3;1-2H2/i;3-1. The van der Waals surface area contributed by atoms with Crippen molar-refractivity contribution in [3.8, 4) is 0 Å². The Kier molecular flexibility index (Phi) is 17.8. The van der Waals surface area contributed by atoms with Crippen molar-refractivity contribution in [2.24, 2.45) is 10.2 Å². The third kappa shape index (κ3) is 23.5. The Labute approximate surface area is 69.6 Å². The summed E-state index contributed by atoms with van der Waals surface area (Å²) in [6.45, 7) is 1.98. The maximum absolute atomic E-state index is 10.9. The highest BCUT2D eigenvalue weighted by molar-refractivity contribution is 4.41. The fourth-order valence-corrected chi connectivity index (χ4v) is 0.227. The fourth-order valence-electron chi connectivity index (χ4n) is 0.227. The van der Waals surface area contributed by atoms with Crippen molar-refractivity contribution in [2.75, 3.05) is 19.8 Å². The van der Waals surface area contributed by atoms with Gasteiger partial charge in [-0.25, -0.2) is 0 Å². The van der Waals surface area contributed by atoms with Crippen LogP contribution in [0.3, 0.4) is 0 Å². The first-order chi connectivity index (χ1) is 5.83. The number of halogens is 1. The van der Waals surface area contributed by atoms with Crippen LogP contribution in [0.1, 0.15) is 13.3 Å². The van der Waals surface area contributed by atoms with Gasteiger partial charge in [-0.1, -0.05) is 23.6 Å². The second-order valence-corrected chi connectivity index (χ2v) is 1.60. The van der Waals surface area contributed by atoms with Gasteiger partial charge in [-0.2, -0.15) is 0 Å². The van der Waals surface area contributed by atoms with Gasteiger partial charge in [0.25, 0.3) is 0 Å². The van der Waals surface area contributed by atoms with E-state index in [0.717, 1.165) is 6.42 Å². The quantitative estimate of drug-likeness (QED) is 0.354. The molecule has 0 heterocycles. The molecule has 0 bridgehead atoms. The average Bonchev–Trinajstić information content (AvgIpc) is 2.12. The van der Waals surface area contributed by atoms with Crippen LogP contribution in [0.4, 0.5) is 4.39 Å². The zero-order valence-electron chi connectivity index (χ0n) is 6.89. The van der Waals surface area contributed by atoms with Crippen LogP contribution in [-0.2, 0) is 0 Å². The van der Waals surface area contributed by atoms with Gasteiger partial charge in [0, 0.05) is 16.4 Å². The lowest BCUT2D eigenvalue weighted by Crippen LogP contribution is -1.74. The molecule has 12 heavy (non-hydrogen) atoms. The van der Waals surface area contributed by atoms with E-state index < -0.39 is 6.67 Å². The largest absolute Gasteiger partial charge is 0.251 e. The molecule has 7 heteroatoms. The molecule has 0 unspecified atom stereocenters. The van der Waals surface area contributed by atoms with Crippen LogP contribution in [0.2, 0.25) is 0 Å². The van der Waals surface area contributed by atoms with E-state index in [2.05, 4.69) is 20.1 Å². The molecule has 0 atom stereocenters. The normalized spacial score (nSPS) is 6.83. The lowest BCUT2D eigenvalue weighted by Gasteiger charge is -1.71. The van der Waals surface area contributed by atoms with Crippen LogP contribution in [0.15, 0.2) is 10.2 Å². The third-order valence-corrected chi connectivity index (χ3v) is 0.635. The summed E-state index contributed by atoms with van der Waals surface area (Å²) in [5, 5.41) is 6.17. The molecule has 0 aromatic heterocycles. The van der Waals surface area contributed by atoms with Gasteiger partial charge >= 0.3 is 0 Å². The van der Waals surface area contributed by atoms with Gasteiger partial charge in [0.15, 0.2) is 0 Å². The minimum atomic E-state index is -0.565. The number of rotatable bonds is 4.